The second-order valence-electron chi connectivity index (χ2n) is 5.26. The van der Waals surface area contributed by atoms with Crippen molar-refractivity contribution in [3.8, 4) is 0 Å². The van der Waals surface area contributed by atoms with Crippen molar-refractivity contribution in [3.63, 3.8) is 0 Å². The summed E-state index contributed by atoms with van der Waals surface area (Å²) in [5.74, 6) is 0.156. The third-order valence-corrected chi connectivity index (χ3v) is 4.10. The van der Waals surface area contributed by atoms with Gasteiger partial charge in [0.25, 0.3) is 0 Å². The monoisotopic (exact) mass is 389 g/mol. The van der Waals surface area contributed by atoms with Crippen LogP contribution in [0.25, 0.3) is 0 Å². The summed E-state index contributed by atoms with van der Waals surface area (Å²) in [6.07, 6.45) is 1.24. The molecule has 1 aromatic heterocycles. The van der Waals surface area contributed by atoms with Crippen LogP contribution in [0.2, 0.25) is 10.0 Å². The molecule has 0 spiro atoms. The number of nitrogens with zero attached hydrogens (tertiary/aromatic N) is 3. The Hall–Kier alpha value is -2.90. The van der Waals surface area contributed by atoms with E-state index in [4.69, 9.17) is 23.2 Å². The van der Waals surface area contributed by atoms with Crippen molar-refractivity contribution in [3.05, 3.63) is 80.6 Å². The van der Waals surface area contributed by atoms with Gasteiger partial charge < -0.3 is 10.6 Å². The zero-order valence-corrected chi connectivity index (χ0v) is 14.8. The van der Waals surface area contributed by atoms with Crippen LogP contribution in [-0.2, 0) is 6.54 Å². The molecule has 2 aromatic carbocycles. The highest BCUT2D eigenvalue weighted by Gasteiger charge is 2.23. The van der Waals surface area contributed by atoms with Crippen molar-refractivity contribution in [1.29, 1.82) is 0 Å². The average Bonchev–Trinajstić information content (AvgIpc) is 2.61. The summed E-state index contributed by atoms with van der Waals surface area (Å²) in [5.41, 5.74) is 1.11. The van der Waals surface area contributed by atoms with Crippen molar-refractivity contribution in [1.82, 2.24) is 9.97 Å². The fourth-order valence-corrected chi connectivity index (χ4v) is 2.69. The van der Waals surface area contributed by atoms with E-state index in [1.807, 2.05) is 18.2 Å². The molecule has 0 bridgehead atoms. The van der Waals surface area contributed by atoms with E-state index < -0.39 is 4.92 Å². The highest BCUT2D eigenvalue weighted by atomic mass is 35.5. The molecule has 132 valence electrons. The summed E-state index contributed by atoms with van der Waals surface area (Å²) < 4.78 is 0. The first-order valence-corrected chi connectivity index (χ1v) is 8.29. The van der Waals surface area contributed by atoms with Crippen LogP contribution in [0.4, 0.5) is 23.0 Å². The number of hydrogen-bond donors (Lipinski definition) is 2. The lowest BCUT2D eigenvalue weighted by Crippen LogP contribution is -2.08. The molecule has 0 aliphatic heterocycles. The summed E-state index contributed by atoms with van der Waals surface area (Å²) in [5, 5.41) is 18.5. The number of anilines is 3. The van der Waals surface area contributed by atoms with E-state index in [0.29, 0.717) is 15.7 Å². The van der Waals surface area contributed by atoms with Gasteiger partial charge in [-0.2, -0.15) is 0 Å². The lowest BCUT2D eigenvalue weighted by molar-refractivity contribution is -0.383. The van der Waals surface area contributed by atoms with Gasteiger partial charge in [-0.25, -0.2) is 9.97 Å². The third-order valence-electron chi connectivity index (χ3n) is 3.50. The molecule has 0 aliphatic carbocycles. The predicted octanol–water partition coefficient (Wildman–Crippen LogP) is 5.05. The molecule has 0 saturated heterocycles. The molecule has 26 heavy (non-hydrogen) atoms. The van der Waals surface area contributed by atoms with Crippen LogP contribution in [-0.4, -0.2) is 14.9 Å². The molecule has 0 aliphatic rings. The largest absolute Gasteiger partial charge is 0.360 e. The molecule has 1 heterocycles. The van der Waals surface area contributed by atoms with Gasteiger partial charge in [0.05, 0.1) is 4.92 Å². The maximum absolute atomic E-state index is 11.6. The molecule has 9 heteroatoms. The van der Waals surface area contributed by atoms with Gasteiger partial charge in [0.2, 0.25) is 11.6 Å². The zero-order valence-electron chi connectivity index (χ0n) is 13.3. The van der Waals surface area contributed by atoms with Crippen molar-refractivity contribution >= 4 is 46.2 Å². The first-order valence-electron chi connectivity index (χ1n) is 7.54. The van der Waals surface area contributed by atoms with Crippen molar-refractivity contribution in [2.45, 2.75) is 6.54 Å². The van der Waals surface area contributed by atoms with Gasteiger partial charge in [0, 0.05) is 22.3 Å². The van der Waals surface area contributed by atoms with Crippen LogP contribution >= 0.6 is 23.2 Å². The topological polar surface area (TPSA) is 93.0 Å². The Morgan fingerprint density at radius 1 is 1.04 bits per heavy atom. The molecule has 0 radical (unpaired) electrons. The lowest BCUT2D eigenvalue weighted by Gasteiger charge is -2.11. The fourth-order valence-electron chi connectivity index (χ4n) is 2.30. The number of benzene rings is 2. The third kappa shape index (κ3) is 4.19. The summed E-state index contributed by atoms with van der Waals surface area (Å²) in [4.78, 5) is 19.0. The Morgan fingerprint density at radius 3 is 2.54 bits per heavy atom. The molecule has 3 aromatic rings. The van der Waals surface area contributed by atoms with Crippen LogP contribution in [0.3, 0.4) is 0 Å². The van der Waals surface area contributed by atoms with Gasteiger partial charge in [-0.15, -0.1) is 0 Å². The van der Waals surface area contributed by atoms with E-state index >= 15 is 0 Å². The number of aromatic nitrogens is 2. The Labute approximate surface area is 159 Å². The molecule has 7 nitrogen and oxygen atoms in total. The van der Waals surface area contributed by atoms with Gasteiger partial charge in [-0.05, 0) is 29.8 Å². The second kappa shape index (κ2) is 7.99. The van der Waals surface area contributed by atoms with Crippen molar-refractivity contribution in [2.75, 3.05) is 10.6 Å². The molecule has 0 unspecified atom stereocenters. The van der Waals surface area contributed by atoms with Gasteiger partial charge in [0.1, 0.15) is 6.33 Å². The summed E-state index contributed by atoms with van der Waals surface area (Å²) >= 11 is 12.1. The molecular weight excluding hydrogens is 377 g/mol. The van der Waals surface area contributed by atoms with Gasteiger partial charge in [-0.1, -0.05) is 47.5 Å². The lowest BCUT2D eigenvalue weighted by atomic mass is 10.2. The number of hydrogen-bond acceptors (Lipinski definition) is 6. The molecule has 3 rings (SSSR count). The summed E-state index contributed by atoms with van der Waals surface area (Å²) in [7, 11) is 0. The van der Waals surface area contributed by atoms with E-state index in [1.165, 1.54) is 6.33 Å². The van der Waals surface area contributed by atoms with E-state index in [9.17, 15) is 10.1 Å². The Bertz CT molecular complexity index is 952. The van der Waals surface area contributed by atoms with Crippen LogP contribution in [0.15, 0.2) is 54.9 Å². The molecule has 2 N–H and O–H groups in total. The maximum Gasteiger partial charge on any atom is 0.353 e. The molecule has 0 saturated carbocycles. The van der Waals surface area contributed by atoms with Crippen molar-refractivity contribution < 1.29 is 4.92 Å². The quantitative estimate of drug-likeness (QED) is 0.452. The summed E-state index contributed by atoms with van der Waals surface area (Å²) in [6, 6.07) is 14.0. The molecular formula is C17H13Cl2N5O2. The SMILES string of the molecule is O=[N+]([O-])c1c(NCc2ccccc2Cl)ncnc1Nc1cccc(Cl)c1. The second-order valence-corrected chi connectivity index (χ2v) is 6.10. The standard InChI is InChI=1S/C17H13Cl2N5O2/c18-12-5-3-6-13(8-12)23-17-15(24(25)26)16(21-10-22-17)20-9-11-4-1-2-7-14(11)19/h1-8,10H,9H2,(H2,20,21,22,23). The minimum absolute atomic E-state index is 0.0638. The Morgan fingerprint density at radius 2 is 1.81 bits per heavy atom. The van der Waals surface area contributed by atoms with Crippen molar-refractivity contribution in [2.24, 2.45) is 0 Å². The molecule has 0 atom stereocenters. The first-order chi connectivity index (χ1) is 12.5. The van der Waals surface area contributed by atoms with E-state index in [0.717, 1.165) is 5.56 Å². The molecule has 0 amide bonds. The smallest absolute Gasteiger partial charge is 0.353 e. The number of nitro groups is 1. The summed E-state index contributed by atoms with van der Waals surface area (Å²) in [6.45, 7) is 0.286. The minimum atomic E-state index is -0.540. The number of rotatable bonds is 6. The highest BCUT2D eigenvalue weighted by molar-refractivity contribution is 6.31. The van der Waals surface area contributed by atoms with Gasteiger partial charge >= 0.3 is 5.69 Å². The Kier molecular flexibility index (Phi) is 5.50. The number of halogens is 2. The van der Waals surface area contributed by atoms with Crippen LogP contribution in [0, 0.1) is 10.1 Å². The minimum Gasteiger partial charge on any atom is -0.360 e. The van der Waals surface area contributed by atoms with Crippen LogP contribution in [0.1, 0.15) is 5.56 Å². The predicted molar refractivity (Wildman–Crippen MR) is 102 cm³/mol. The van der Waals surface area contributed by atoms with Crippen LogP contribution < -0.4 is 10.6 Å². The maximum atomic E-state index is 11.6. The van der Waals surface area contributed by atoms with Crippen LogP contribution in [0.5, 0.6) is 0 Å². The van der Waals surface area contributed by atoms with E-state index in [-0.39, 0.29) is 23.9 Å². The van der Waals surface area contributed by atoms with Gasteiger partial charge in [-0.3, -0.25) is 10.1 Å². The van der Waals surface area contributed by atoms with E-state index in [2.05, 4.69) is 20.6 Å². The molecule has 0 fully saturated rings. The van der Waals surface area contributed by atoms with Gasteiger partial charge in [0.15, 0.2) is 0 Å². The highest BCUT2D eigenvalue weighted by Crippen LogP contribution is 2.32. The normalized spacial score (nSPS) is 10.4. The number of nitrogens with one attached hydrogen (secondary N) is 2. The van der Waals surface area contributed by atoms with E-state index in [1.54, 1.807) is 30.3 Å². The zero-order chi connectivity index (χ0) is 18.5. The Balaban J connectivity index is 1.88. The average molecular weight is 390 g/mol. The fraction of sp³-hybridized carbons (Fsp3) is 0.0588. The first kappa shape index (κ1) is 17.9.